The molecule has 0 fully saturated rings. The summed E-state index contributed by atoms with van der Waals surface area (Å²) in [5.74, 6) is -0.645. The Morgan fingerprint density at radius 2 is 1.65 bits per heavy atom. The minimum Gasteiger partial charge on any atom is -0.492 e. The molecule has 0 spiro atoms. The summed E-state index contributed by atoms with van der Waals surface area (Å²) >= 11 is 0. The van der Waals surface area contributed by atoms with Crippen LogP contribution in [-0.4, -0.2) is 28.5 Å². The third kappa shape index (κ3) is 5.63. The van der Waals surface area contributed by atoms with E-state index in [1.54, 1.807) is 48.7 Å². The predicted octanol–water partition coefficient (Wildman–Crippen LogP) is 4.96. The first-order chi connectivity index (χ1) is 16.6. The van der Waals surface area contributed by atoms with Crippen LogP contribution < -0.4 is 10.1 Å². The fraction of sp³-hybridized carbons (Fsp3) is 0.111. The number of amides is 1. The van der Waals surface area contributed by atoms with Gasteiger partial charge in [-0.3, -0.25) is 9.78 Å². The van der Waals surface area contributed by atoms with Crippen LogP contribution >= 0.6 is 0 Å². The van der Waals surface area contributed by atoms with Crippen LogP contribution in [0.4, 0.5) is 5.69 Å². The molecule has 1 atom stereocenters. The molecule has 1 heterocycles. The third-order valence-electron chi connectivity index (χ3n) is 4.88. The molecule has 3 aromatic carbocycles. The quantitative estimate of drug-likeness (QED) is 0.299. The van der Waals surface area contributed by atoms with E-state index in [9.17, 15) is 9.59 Å². The molecule has 0 radical (unpaired) electrons. The molecule has 1 amide bonds. The lowest BCUT2D eigenvalue weighted by atomic mass is 10.1. The Balaban J connectivity index is 1.52. The fourth-order valence-electron chi connectivity index (χ4n) is 3.31. The van der Waals surface area contributed by atoms with E-state index in [2.05, 4.69) is 15.3 Å². The Morgan fingerprint density at radius 3 is 2.44 bits per heavy atom. The number of carbonyl (C=O) groups excluding carboxylic acids is 2. The topological polar surface area (TPSA) is 90.4 Å². The lowest BCUT2D eigenvalue weighted by molar-refractivity contribution is -0.149. The molecule has 0 bridgehead atoms. The number of benzene rings is 3. The van der Waals surface area contributed by atoms with Crippen molar-refractivity contribution in [3.63, 3.8) is 0 Å². The zero-order chi connectivity index (χ0) is 23.8. The standard InChI is InChI=1S/C27H23N3O4/c1-2-33-24-15-9-8-14-23(24)30-27(32)26(19-10-4-3-5-11-19)34-25(31)17-16-20-18-28-21-12-6-7-13-22(21)29-20/h3-18,26H,2H2,1H3,(H,30,32)/b17-16+. The highest BCUT2D eigenvalue weighted by molar-refractivity contribution is 5.98. The summed E-state index contributed by atoms with van der Waals surface area (Å²) < 4.78 is 11.1. The second kappa shape index (κ2) is 10.9. The molecule has 0 saturated heterocycles. The number of anilines is 1. The second-order valence-electron chi connectivity index (χ2n) is 7.26. The van der Waals surface area contributed by atoms with Crippen molar-refractivity contribution in [2.24, 2.45) is 0 Å². The van der Waals surface area contributed by atoms with Crippen molar-refractivity contribution < 1.29 is 19.1 Å². The van der Waals surface area contributed by atoms with Crippen LogP contribution in [0.1, 0.15) is 24.3 Å². The van der Waals surface area contributed by atoms with Gasteiger partial charge in [-0.05, 0) is 37.3 Å². The van der Waals surface area contributed by atoms with E-state index < -0.39 is 18.0 Å². The maximum Gasteiger partial charge on any atom is 0.331 e. The Hall–Kier alpha value is -4.52. The molecule has 1 N–H and O–H groups in total. The van der Waals surface area contributed by atoms with E-state index in [4.69, 9.17) is 9.47 Å². The van der Waals surface area contributed by atoms with Gasteiger partial charge in [0.05, 0.1) is 35.2 Å². The van der Waals surface area contributed by atoms with Gasteiger partial charge in [-0.2, -0.15) is 0 Å². The van der Waals surface area contributed by atoms with Gasteiger partial charge in [0, 0.05) is 11.6 Å². The van der Waals surface area contributed by atoms with Gasteiger partial charge >= 0.3 is 5.97 Å². The Bertz CT molecular complexity index is 1320. The van der Waals surface area contributed by atoms with Crippen LogP contribution in [0.15, 0.2) is 91.1 Å². The molecule has 7 heteroatoms. The van der Waals surface area contributed by atoms with E-state index in [1.807, 2.05) is 43.3 Å². The van der Waals surface area contributed by atoms with Crippen LogP contribution in [0.2, 0.25) is 0 Å². The molecule has 4 aromatic rings. The van der Waals surface area contributed by atoms with E-state index >= 15 is 0 Å². The highest BCUT2D eigenvalue weighted by Gasteiger charge is 2.25. The molecule has 34 heavy (non-hydrogen) atoms. The van der Waals surface area contributed by atoms with Crippen LogP contribution in [-0.2, 0) is 14.3 Å². The highest BCUT2D eigenvalue weighted by Crippen LogP contribution is 2.27. The number of hydrogen-bond donors (Lipinski definition) is 1. The summed E-state index contributed by atoms with van der Waals surface area (Å²) in [6.07, 6.45) is 3.15. The number of aromatic nitrogens is 2. The molecule has 1 aromatic heterocycles. The summed E-state index contributed by atoms with van der Waals surface area (Å²) in [4.78, 5) is 34.5. The van der Waals surface area contributed by atoms with Crippen LogP contribution in [0.3, 0.4) is 0 Å². The number of rotatable bonds is 8. The molecule has 0 aliphatic rings. The predicted molar refractivity (Wildman–Crippen MR) is 130 cm³/mol. The minimum atomic E-state index is -1.16. The number of carbonyl (C=O) groups is 2. The average molecular weight is 453 g/mol. The number of fused-ring (bicyclic) bond motifs is 1. The van der Waals surface area contributed by atoms with Gasteiger partial charge in [0.1, 0.15) is 5.75 Å². The van der Waals surface area contributed by atoms with Gasteiger partial charge in [-0.1, -0.05) is 54.6 Å². The van der Waals surface area contributed by atoms with Crippen LogP contribution in [0, 0.1) is 0 Å². The van der Waals surface area contributed by atoms with Crippen molar-refractivity contribution in [2.75, 3.05) is 11.9 Å². The van der Waals surface area contributed by atoms with Crippen molar-refractivity contribution in [1.29, 1.82) is 0 Å². The number of esters is 1. The Labute approximate surface area is 197 Å². The minimum absolute atomic E-state index is 0.451. The first kappa shape index (κ1) is 22.7. The zero-order valence-electron chi connectivity index (χ0n) is 18.5. The molecule has 1 unspecified atom stereocenters. The van der Waals surface area contributed by atoms with Crippen molar-refractivity contribution in [3.05, 3.63) is 102 Å². The molecule has 7 nitrogen and oxygen atoms in total. The SMILES string of the molecule is CCOc1ccccc1NC(=O)C(OC(=O)/C=C/c1cnc2ccccc2n1)c1ccccc1. The van der Waals surface area contributed by atoms with E-state index in [0.717, 1.165) is 5.52 Å². The number of nitrogens with one attached hydrogen (secondary N) is 1. The van der Waals surface area contributed by atoms with E-state index in [0.29, 0.717) is 34.8 Å². The van der Waals surface area contributed by atoms with Crippen molar-refractivity contribution in [2.45, 2.75) is 13.0 Å². The Kier molecular flexibility index (Phi) is 7.25. The highest BCUT2D eigenvalue weighted by atomic mass is 16.5. The number of para-hydroxylation sites is 4. The number of hydrogen-bond acceptors (Lipinski definition) is 6. The van der Waals surface area contributed by atoms with E-state index in [1.165, 1.54) is 12.2 Å². The summed E-state index contributed by atoms with van der Waals surface area (Å²) in [6.45, 7) is 2.31. The first-order valence-corrected chi connectivity index (χ1v) is 10.8. The molecule has 0 saturated carbocycles. The summed E-state index contributed by atoms with van der Waals surface area (Å²) in [7, 11) is 0. The van der Waals surface area contributed by atoms with Crippen molar-refractivity contribution in [3.8, 4) is 5.75 Å². The summed E-state index contributed by atoms with van der Waals surface area (Å²) in [5.41, 5.74) is 3.01. The maximum absolute atomic E-state index is 13.1. The molecule has 0 aliphatic heterocycles. The van der Waals surface area contributed by atoms with Gasteiger partial charge in [-0.25, -0.2) is 9.78 Å². The third-order valence-corrected chi connectivity index (χ3v) is 4.88. The van der Waals surface area contributed by atoms with Crippen LogP contribution in [0.5, 0.6) is 5.75 Å². The van der Waals surface area contributed by atoms with Gasteiger partial charge in [0.2, 0.25) is 6.10 Å². The van der Waals surface area contributed by atoms with Gasteiger partial charge in [0.15, 0.2) is 0 Å². The normalized spacial score (nSPS) is 11.8. The van der Waals surface area contributed by atoms with Crippen LogP contribution in [0.25, 0.3) is 17.1 Å². The maximum atomic E-state index is 13.1. The molecule has 4 rings (SSSR count). The van der Waals surface area contributed by atoms with Crippen molar-refractivity contribution >= 4 is 34.7 Å². The smallest absolute Gasteiger partial charge is 0.331 e. The van der Waals surface area contributed by atoms with Gasteiger partial charge in [-0.15, -0.1) is 0 Å². The molecule has 0 aliphatic carbocycles. The summed E-state index contributed by atoms with van der Waals surface area (Å²) in [6, 6.07) is 23.4. The zero-order valence-corrected chi connectivity index (χ0v) is 18.5. The van der Waals surface area contributed by atoms with Gasteiger partial charge < -0.3 is 14.8 Å². The number of nitrogens with zero attached hydrogens (tertiary/aromatic N) is 2. The molecular weight excluding hydrogens is 430 g/mol. The van der Waals surface area contributed by atoms with E-state index in [-0.39, 0.29) is 0 Å². The van der Waals surface area contributed by atoms with Gasteiger partial charge in [0.25, 0.3) is 5.91 Å². The lowest BCUT2D eigenvalue weighted by Gasteiger charge is -2.18. The summed E-state index contributed by atoms with van der Waals surface area (Å²) in [5, 5.41) is 2.81. The fourth-order valence-corrected chi connectivity index (χ4v) is 3.31. The monoisotopic (exact) mass is 453 g/mol. The average Bonchev–Trinajstić information content (AvgIpc) is 2.87. The first-order valence-electron chi connectivity index (χ1n) is 10.8. The second-order valence-corrected chi connectivity index (χ2v) is 7.26. The Morgan fingerprint density at radius 1 is 0.941 bits per heavy atom. The molecule has 170 valence electrons. The molecular formula is C27H23N3O4. The number of ether oxygens (including phenoxy) is 2. The lowest BCUT2D eigenvalue weighted by Crippen LogP contribution is -2.25. The largest absolute Gasteiger partial charge is 0.492 e. The van der Waals surface area contributed by atoms with Crippen molar-refractivity contribution in [1.82, 2.24) is 9.97 Å².